The average molecular weight is 201 g/mol. The van der Waals surface area contributed by atoms with Crippen molar-refractivity contribution < 1.29 is 14.7 Å². The Bertz CT molecular complexity index is 190. The standard InChI is InChI=1S/C10H19NO3/c1-8(2)7-9(12)11-6-4-3-5-10(13)14/h8H,3-7H2,1-2H3,(H,11,12)(H,13,14). The number of amides is 1. The molecule has 1 amide bonds. The Morgan fingerprint density at radius 1 is 1.29 bits per heavy atom. The summed E-state index contributed by atoms with van der Waals surface area (Å²) in [4.78, 5) is 21.3. The number of nitrogens with one attached hydrogen (secondary N) is 1. The molecule has 0 saturated carbocycles. The van der Waals surface area contributed by atoms with Crippen molar-refractivity contribution in [2.45, 2.75) is 39.5 Å². The van der Waals surface area contributed by atoms with E-state index < -0.39 is 5.97 Å². The van der Waals surface area contributed by atoms with Crippen molar-refractivity contribution in [2.75, 3.05) is 6.54 Å². The summed E-state index contributed by atoms with van der Waals surface area (Å²) in [6.45, 7) is 4.56. The fourth-order valence-electron chi connectivity index (χ4n) is 1.07. The van der Waals surface area contributed by atoms with Crippen LogP contribution in [0.5, 0.6) is 0 Å². The fraction of sp³-hybridized carbons (Fsp3) is 0.800. The van der Waals surface area contributed by atoms with E-state index in [1.54, 1.807) is 0 Å². The van der Waals surface area contributed by atoms with E-state index in [1.807, 2.05) is 13.8 Å². The first-order chi connectivity index (χ1) is 6.52. The molecule has 0 aliphatic heterocycles. The number of rotatable bonds is 7. The molecule has 0 aromatic heterocycles. The molecule has 0 aromatic rings. The Morgan fingerprint density at radius 2 is 1.93 bits per heavy atom. The van der Waals surface area contributed by atoms with Crippen LogP contribution in [0.1, 0.15) is 39.5 Å². The number of carboxylic acids is 1. The molecule has 0 bridgehead atoms. The first-order valence-corrected chi connectivity index (χ1v) is 5.01. The Morgan fingerprint density at radius 3 is 2.43 bits per heavy atom. The minimum Gasteiger partial charge on any atom is -0.481 e. The van der Waals surface area contributed by atoms with E-state index >= 15 is 0 Å². The van der Waals surface area contributed by atoms with E-state index in [0.717, 1.165) is 6.42 Å². The number of unbranched alkanes of at least 4 members (excludes halogenated alkanes) is 1. The van der Waals surface area contributed by atoms with E-state index in [2.05, 4.69) is 5.32 Å². The van der Waals surface area contributed by atoms with Crippen LogP contribution in [-0.4, -0.2) is 23.5 Å². The SMILES string of the molecule is CC(C)CC(=O)NCCCCC(=O)O. The number of carbonyl (C=O) groups excluding carboxylic acids is 1. The molecule has 0 aromatic carbocycles. The van der Waals surface area contributed by atoms with E-state index in [0.29, 0.717) is 25.3 Å². The summed E-state index contributed by atoms with van der Waals surface area (Å²) in [5, 5.41) is 11.1. The van der Waals surface area contributed by atoms with E-state index in [-0.39, 0.29) is 12.3 Å². The van der Waals surface area contributed by atoms with Gasteiger partial charge in [0.1, 0.15) is 0 Å². The van der Waals surface area contributed by atoms with Crippen LogP contribution < -0.4 is 5.32 Å². The Balaban J connectivity index is 3.27. The summed E-state index contributed by atoms with van der Waals surface area (Å²) >= 11 is 0. The summed E-state index contributed by atoms with van der Waals surface area (Å²) in [7, 11) is 0. The molecular weight excluding hydrogens is 182 g/mol. The van der Waals surface area contributed by atoms with Gasteiger partial charge in [-0.1, -0.05) is 13.8 Å². The normalized spacial score (nSPS) is 10.2. The zero-order valence-corrected chi connectivity index (χ0v) is 8.88. The van der Waals surface area contributed by atoms with Crippen LogP contribution in [-0.2, 0) is 9.59 Å². The highest BCUT2D eigenvalue weighted by atomic mass is 16.4. The van der Waals surface area contributed by atoms with Crippen molar-refractivity contribution >= 4 is 11.9 Å². The smallest absolute Gasteiger partial charge is 0.303 e. The molecule has 4 nitrogen and oxygen atoms in total. The van der Waals surface area contributed by atoms with Gasteiger partial charge in [0.15, 0.2) is 0 Å². The maximum absolute atomic E-state index is 11.1. The van der Waals surface area contributed by atoms with Gasteiger partial charge in [-0.2, -0.15) is 0 Å². The maximum Gasteiger partial charge on any atom is 0.303 e. The molecule has 82 valence electrons. The average Bonchev–Trinajstić information content (AvgIpc) is 2.01. The van der Waals surface area contributed by atoms with E-state index in [9.17, 15) is 9.59 Å². The molecule has 0 spiro atoms. The molecule has 0 atom stereocenters. The van der Waals surface area contributed by atoms with Gasteiger partial charge in [0, 0.05) is 19.4 Å². The summed E-state index contributed by atoms with van der Waals surface area (Å²) in [5.41, 5.74) is 0. The molecule has 14 heavy (non-hydrogen) atoms. The third kappa shape index (κ3) is 9.03. The van der Waals surface area contributed by atoms with Gasteiger partial charge < -0.3 is 10.4 Å². The number of hydrogen-bond donors (Lipinski definition) is 2. The fourth-order valence-corrected chi connectivity index (χ4v) is 1.07. The van der Waals surface area contributed by atoms with Crippen molar-refractivity contribution in [1.29, 1.82) is 0 Å². The van der Waals surface area contributed by atoms with Gasteiger partial charge in [-0.05, 0) is 18.8 Å². The second-order valence-electron chi connectivity index (χ2n) is 3.80. The number of hydrogen-bond acceptors (Lipinski definition) is 2. The lowest BCUT2D eigenvalue weighted by molar-refractivity contribution is -0.137. The van der Waals surface area contributed by atoms with Crippen molar-refractivity contribution in [3.63, 3.8) is 0 Å². The predicted molar refractivity (Wildman–Crippen MR) is 54.0 cm³/mol. The highest BCUT2D eigenvalue weighted by molar-refractivity contribution is 5.75. The van der Waals surface area contributed by atoms with Crippen LogP contribution in [0.15, 0.2) is 0 Å². The van der Waals surface area contributed by atoms with Crippen LogP contribution in [0.4, 0.5) is 0 Å². The molecule has 4 heteroatoms. The Kier molecular flexibility index (Phi) is 6.80. The molecule has 0 aliphatic rings. The van der Waals surface area contributed by atoms with Gasteiger partial charge >= 0.3 is 5.97 Å². The maximum atomic E-state index is 11.1. The molecule has 0 unspecified atom stereocenters. The molecule has 0 radical (unpaired) electrons. The van der Waals surface area contributed by atoms with Gasteiger partial charge in [0.2, 0.25) is 5.91 Å². The minimum atomic E-state index is -0.779. The Labute approximate surface area is 84.7 Å². The zero-order valence-electron chi connectivity index (χ0n) is 8.88. The van der Waals surface area contributed by atoms with Crippen LogP contribution in [0.2, 0.25) is 0 Å². The topological polar surface area (TPSA) is 66.4 Å². The van der Waals surface area contributed by atoms with Crippen molar-refractivity contribution in [2.24, 2.45) is 5.92 Å². The first-order valence-electron chi connectivity index (χ1n) is 5.01. The number of carboxylic acid groups (broad SMARTS) is 1. The lowest BCUT2D eigenvalue weighted by atomic mass is 10.1. The Hall–Kier alpha value is -1.06. The van der Waals surface area contributed by atoms with Gasteiger partial charge in [-0.3, -0.25) is 9.59 Å². The van der Waals surface area contributed by atoms with Crippen LogP contribution in [0.3, 0.4) is 0 Å². The predicted octanol–water partition coefficient (Wildman–Crippen LogP) is 1.40. The van der Waals surface area contributed by atoms with Crippen molar-refractivity contribution in [1.82, 2.24) is 5.32 Å². The molecular formula is C10H19NO3. The molecule has 0 saturated heterocycles. The van der Waals surface area contributed by atoms with E-state index in [1.165, 1.54) is 0 Å². The molecule has 0 fully saturated rings. The lowest BCUT2D eigenvalue weighted by Crippen LogP contribution is -2.25. The second kappa shape index (κ2) is 7.35. The quantitative estimate of drug-likeness (QED) is 0.612. The van der Waals surface area contributed by atoms with Gasteiger partial charge in [0.05, 0.1) is 0 Å². The van der Waals surface area contributed by atoms with Gasteiger partial charge in [-0.25, -0.2) is 0 Å². The second-order valence-corrected chi connectivity index (χ2v) is 3.80. The van der Waals surface area contributed by atoms with Gasteiger partial charge in [0.25, 0.3) is 0 Å². The van der Waals surface area contributed by atoms with Crippen molar-refractivity contribution in [3.05, 3.63) is 0 Å². The number of aliphatic carboxylic acids is 1. The molecule has 0 heterocycles. The summed E-state index contributed by atoms with van der Waals surface area (Å²) < 4.78 is 0. The monoisotopic (exact) mass is 201 g/mol. The van der Waals surface area contributed by atoms with Crippen molar-refractivity contribution in [3.8, 4) is 0 Å². The van der Waals surface area contributed by atoms with Crippen LogP contribution >= 0.6 is 0 Å². The van der Waals surface area contributed by atoms with Crippen LogP contribution in [0, 0.1) is 5.92 Å². The summed E-state index contributed by atoms with van der Waals surface area (Å²) in [6.07, 6.45) is 2.08. The molecule has 0 aliphatic carbocycles. The third-order valence-corrected chi connectivity index (χ3v) is 1.73. The van der Waals surface area contributed by atoms with Gasteiger partial charge in [-0.15, -0.1) is 0 Å². The van der Waals surface area contributed by atoms with E-state index in [4.69, 9.17) is 5.11 Å². The highest BCUT2D eigenvalue weighted by Crippen LogP contribution is 1.98. The zero-order chi connectivity index (χ0) is 11.0. The highest BCUT2D eigenvalue weighted by Gasteiger charge is 2.03. The number of carbonyl (C=O) groups is 2. The molecule has 0 rings (SSSR count). The largest absolute Gasteiger partial charge is 0.481 e. The lowest BCUT2D eigenvalue weighted by Gasteiger charge is -2.06. The summed E-state index contributed by atoms with van der Waals surface area (Å²) in [5.74, 6) is -0.358. The first kappa shape index (κ1) is 12.9. The molecule has 2 N–H and O–H groups in total. The minimum absolute atomic E-state index is 0.0512. The summed E-state index contributed by atoms with van der Waals surface area (Å²) in [6, 6.07) is 0. The third-order valence-electron chi connectivity index (χ3n) is 1.73. The van der Waals surface area contributed by atoms with Crippen LogP contribution in [0.25, 0.3) is 0 Å².